The summed E-state index contributed by atoms with van der Waals surface area (Å²) in [7, 11) is 0. The van der Waals surface area contributed by atoms with Crippen LogP contribution in [0.3, 0.4) is 0 Å². The van der Waals surface area contributed by atoms with E-state index < -0.39 is 0 Å². The quantitative estimate of drug-likeness (QED) is 0.309. The second kappa shape index (κ2) is 8.19. The highest BCUT2D eigenvalue weighted by Crippen LogP contribution is 2.31. The van der Waals surface area contributed by atoms with Crippen molar-refractivity contribution in [2.45, 2.75) is 13.5 Å². The molecule has 0 amide bonds. The van der Waals surface area contributed by atoms with Crippen LogP contribution >= 0.6 is 0 Å². The second-order valence-electron chi connectivity index (χ2n) is 6.92. The van der Waals surface area contributed by atoms with Gasteiger partial charge in [-0.25, -0.2) is 24.0 Å². The minimum absolute atomic E-state index is 0.00704. The van der Waals surface area contributed by atoms with E-state index in [-0.39, 0.29) is 41.4 Å². The maximum atomic E-state index is 14.2. The number of halogens is 1. The summed E-state index contributed by atoms with van der Waals surface area (Å²) in [6.07, 6.45) is 3.18. The average molecular weight is 431 g/mol. The summed E-state index contributed by atoms with van der Waals surface area (Å²) in [6.45, 7) is 5.58. The fourth-order valence-corrected chi connectivity index (χ4v) is 3.18. The summed E-state index contributed by atoms with van der Waals surface area (Å²) in [4.78, 5) is 13.1. The molecular formula is C21H18FN9O. The number of nitrogens with two attached hydrogens (primary N) is 2. The van der Waals surface area contributed by atoms with Crippen molar-refractivity contribution < 1.29 is 9.13 Å². The second-order valence-corrected chi connectivity index (χ2v) is 6.92. The molecule has 3 heterocycles. The van der Waals surface area contributed by atoms with Crippen molar-refractivity contribution >= 4 is 28.4 Å². The van der Waals surface area contributed by atoms with Crippen molar-refractivity contribution in [3.8, 4) is 17.8 Å². The van der Waals surface area contributed by atoms with E-state index in [4.69, 9.17) is 16.7 Å². The molecule has 0 saturated heterocycles. The Hall–Kier alpha value is -4.72. The van der Waals surface area contributed by atoms with Gasteiger partial charge in [-0.1, -0.05) is 18.2 Å². The first-order valence-corrected chi connectivity index (χ1v) is 9.39. The number of benzene rings is 1. The van der Waals surface area contributed by atoms with Gasteiger partial charge in [0.1, 0.15) is 17.2 Å². The van der Waals surface area contributed by atoms with Gasteiger partial charge in [0.25, 0.3) is 6.26 Å². The number of aryl methyl sites for hydroxylation is 1. The number of anilines is 3. The summed E-state index contributed by atoms with van der Waals surface area (Å²) in [5.74, 6) is -0.242. The molecule has 0 saturated carbocycles. The Morgan fingerprint density at radius 3 is 2.69 bits per heavy atom. The van der Waals surface area contributed by atoms with Gasteiger partial charge in [0.05, 0.1) is 11.9 Å². The third-order valence-electron chi connectivity index (χ3n) is 4.61. The first-order valence-electron chi connectivity index (χ1n) is 9.39. The maximum absolute atomic E-state index is 14.2. The van der Waals surface area contributed by atoms with E-state index in [2.05, 4.69) is 36.7 Å². The van der Waals surface area contributed by atoms with Crippen LogP contribution in [0.15, 0.2) is 49.0 Å². The van der Waals surface area contributed by atoms with E-state index in [0.717, 1.165) is 5.56 Å². The predicted molar refractivity (Wildman–Crippen MR) is 117 cm³/mol. The Morgan fingerprint density at radius 2 is 2.00 bits per heavy atom. The van der Waals surface area contributed by atoms with E-state index >= 15 is 0 Å². The van der Waals surface area contributed by atoms with Gasteiger partial charge < -0.3 is 21.5 Å². The molecule has 0 fully saturated rings. The van der Waals surface area contributed by atoms with Crippen LogP contribution in [-0.4, -0.2) is 24.7 Å². The Morgan fingerprint density at radius 1 is 1.28 bits per heavy atom. The molecular weight excluding hydrogens is 413 g/mol. The van der Waals surface area contributed by atoms with E-state index in [0.29, 0.717) is 22.3 Å². The number of ether oxygens (including phenoxy) is 1. The van der Waals surface area contributed by atoms with Crippen molar-refractivity contribution in [2.24, 2.45) is 0 Å². The number of pyridine rings is 1. The van der Waals surface area contributed by atoms with Gasteiger partial charge in [-0.2, -0.15) is 5.10 Å². The first kappa shape index (κ1) is 20.5. The molecule has 1 aromatic carbocycles. The molecule has 0 aliphatic carbocycles. The monoisotopic (exact) mass is 431 g/mol. The SMILES string of the molecule is C=C(Nc1c(N)nc(-c2nn(Cc3ccccc3F)c3ncc(C)cc23)nc1N)OC#N. The highest BCUT2D eigenvalue weighted by molar-refractivity contribution is 5.91. The number of nitrogens with one attached hydrogen (secondary N) is 1. The number of fused-ring (bicyclic) bond motifs is 1. The van der Waals surface area contributed by atoms with Gasteiger partial charge in [-0.05, 0) is 31.2 Å². The molecule has 5 N–H and O–H groups in total. The minimum Gasteiger partial charge on any atom is -0.382 e. The van der Waals surface area contributed by atoms with Crippen LogP contribution < -0.4 is 16.8 Å². The number of hydrogen-bond donors (Lipinski definition) is 3. The Bertz CT molecular complexity index is 1370. The van der Waals surface area contributed by atoms with Gasteiger partial charge in [0.2, 0.25) is 5.88 Å². The van der Waals surface area contributed by atoms with E-state index in [1.54, 1.807) is 29.1 Å². The maximum Gasteiger partial charge on any atom is 0.293 e. The highest BCUT2D eigenvalue weighted by Gasteiger charge is 2.20. The lowest BCUT2D eigenvalue weighted by Gasteiger charge is -2.11. The topological polar surface area (TPSA) is 154 Å². The highest BCUT2D eigenvalue weighted by atomic mass is 19.1. The van der Waals surface area contributed by atoms with Crippen molar-refractivity contribution in [2.75, 3.05) is 16.8 Å². The molecule has 0 spiro atoms. The van der Waals surface area contributed by atoms with Gasteiger partial charge in [-0.3, -0.25) is 0 Å². The number of rotatable bonds is 6. The normalized spacial score (nSPS) is 10.7. The third-order valence-corrected chi connectivity index (χ3v) is 4.61. The fourth-order valence-electron chi connectivity index (χ4n) is 3.18. The zero-order valence-corrected chi connectivity index (χ0v) is 17.0. The third kappa shape index (κ3) is 3.84. The lowest BCUT2D eigenvalue weighted by molar-refractivity contribution is 0.384. The number of nitriles is 1. The molecule has 10 nitrogen and oxygen atoms in total. The lowest BCUT2D eigenvalue weighted by atomic mass is 10.2. The van der Waals surface area contributed by atoms with Crippen molar-refractivity contribution in [1.82, 2.24) is 24.7 Å². The largest absolute Gasteiger partial charge is 0.382 e. The summed E-state index contributed by atoms with van der Waals surface area (Å²) in [5.41, 5.74) is 14.5. The van der Waals surface area contributed by atoms with Crippen LogP contribution in [0.4, 0.5) is 21.7 Å². The predicted octanol–water partition coefficient (Wildman–Crippen LogP) is 2.93. The molecule has 160 valence electrons. The number of nitrogen functional groups attached to an aromatic ring is 2. The summed E-state index contributed by atoms with van der Waals surface area (Å²) in [6, 6.07) is 8.33. The summed E-state index contributed by atoms with van der Waals surface area (Å²) in [5, 5.41) is 16.5. The Balaban J connectivity index is 1.81. The van der Waals surface area contributed by atoms with Gasteiger partial charge in [0.15, 0.2) is 23.1 Å². The molecule has 4 aromatic rings. The number of nitrogens with zero attached hydrogens (tertiary/aromatic N) is 6. The average Bonchev–Trinajstić information content (AvgIpc) is 3.10. The molecule has 0 bridgehead atoms. The van der Waals surface area contributed by atoms with Crippen molar-refractivity contribution in [3.05, 3.63) is 65.9 Å². The van der Waals surface area contributed by atoms with Crippen LogP contribution in [0.25, 0.3) is 22.6 Å². The van der Waals surface area contributed by atoms with Crippen molar-refractivity contribution in [3.63, 3.8) is 0 Å². The first-order chi connectivity index (χ1) is 15.4. The lowest BCUT2D eigenvalue weighted by Crippen LogP contribution is -2.10. The molecule has 0 unspecified atom stereocenters. The molecule has 0 aliphatic heterocycles. The van der Waals surface area contributed by atoms with E-state index in [1.165, 1.54) is 12.3 Å². The Kier molecular flexibility index (Phi) is 5.26. The fraction of sp³-hybridized carbons (Fsp3) is 0.0952. The van der Waals surface area contributed by atoms with E-state index in [9.17, 15) is 4.39 Å². The molecule has 4 rings (SSSR count). The molecule has 11 heteroatoms. The molecule has 3 aromatic heterocycles. The smallest absolute Gasteiger partial charge is 0.293 e. The number of hydrogen-bond acceptors (Lipinski definition) is 9. The van der Waals surface area contributed by atoms with Gasteiger partial charge in [-0.15, -0.1) is 5.26 Å². The van der Waals surface area contributed by atoms with Crippen LogP contribution in [0.2, 0.25) is 0 Å². The Labute approximate surface area is 182 Å². The molecule has 32 heavy (non-hydrogen) atoms. The van der Waals surface area contributed by atoms with E-state index in [1.807, 2.05) is 13.0 Å². The number of aromatic nitrogens is 5. The van der Waals surface area contributed by atoms with Crippen LogP contribution in [0.5, 0.6) is 0 Å². The summed E-state index contributed by atoms with van der Waals surface area (Å²) < 4.78 is 20.4. The van der Waals surface area contributed by atoms with Crippen LogP contribution in [-0.2, 0) is 11.3 Å². The molecule has 0 aliphatic rings. The van der Waals surface area contributed by atoms with Crippen LogP contribution in [0.1, 0.15) is 11.1 Å². The molecule has 0 atom stereocenters. The zero-order chi connectivity index (χ0) is 22.8. The standard InChI is InChI=1S/C21H18FN9O/c1-11-7-14-16(20-28-18(24)17(19(25)29-20)27-12(2)32-10-23)30-31(21(14)26-8-11)9-13-5-3-4-6-15(13)22/h3-8,27H,2,9H2,1H3,(H4,24,25,28,29). The zero-order valence-electron chi connectivity index (χ0n) is 17.0. The molecule has 0 radical (unpaired) electrons. The van der Waals surface area contributed by atoms with Gasteiger partial charge in [0, 0.05) is 11.8 Å². The van der Waals surface area contributed by atoms with Crippen molar-refractivity contribution in [1.29, 1.82) is 5.26 Å². The minimum atomic E-state index is -0.343. The van der Waals surface area contributed by atoms with Crippen LogP contribution in [0, 0.1) is 24.3 Å². The van der Waals surface area contributed by atoms with Gasteiger partial charge >= 0.3 is 0 Å². The summed E-state index contributed by atoms with van der Waals surface area (Å²) >= 11 is 0.